The number of ether oxygens (including phenoxy) is 2. The lowest BCUT2D eigenvalue weighted by molar-refractivity contribution is -0.107. The van der Waals surface area contributed by atoms with Gasteiger partial charge < -0.3 is 19.7 Å². The molecule has 0 aromatic heterocycles. The minimum absolute atomic E-state index is 0. The van der Waals surface area contributed by atoms with E-state index in [1.165, 1.54) is 5.56 Å². The van der Waals surface area contributed by atoms with Gasteiger partial charge in [-0.1, -0.05) is 31.5 Å². The van der Waals surface area contributed by atoms with Crippen LogP contribution in [0.25, 0.3) is 0 Å². The molecule has 3 rings (SSSR count). The van der Waals surface area contributed by atoms with Gasteiger partial charge in [0.05, 0.1) is 12.6 Å². The van der Waals surface area contributed by atoms with Crippen molar-refractivity contribution in [3.05, 3.63) is 29.8 Å². The van der Waals surface area contributed by atoms with Crippen LogP contribution in [-0.4, -0.2) is 56.9 Å². The second-order valence-corrected chi connectivity index (χ2v) is 7.82. The van der Waals surface area contributed by atoms with Gasteiger partial charge in [-0.2, -0.15) is 0 Å². The van der Waals surface area contributed by atoms with E-state index in [1.807, 2.05) is 19.2 Å². The zero-order valence-electron chi connectivity index (χ0n) is 16.5. The van der Waals surface area contributed by atoms with Crippen molar-refractivity contribution in [2.24, 2.45) is 16.3 Å². The highest BCUT2D eigenvalue weighted by atomic mass is 127. The minimum atomic E-state index is 0. The molecule has 26 heavy (non-hydrogen) atoms. The zero-order chi connectivity index (χ0) is 18.0. The van der Waals surface area contributed by atoms with Crippen LogP contribution in [0.3, 0.4) is 0 Å². The van der Waals surface area contributed by atoms with Crippen LogP contribution in [0.5, 0.6) is 5.75 Å². The van der Waals surface area contributed by atoms with Crippen LogP contribution < -0.4 is 10.1 Å². The molecule has 1 heterocycles. The molecule has 3 unspecified atom stereocenters. The van der Waals surface area contributed by atoms with Gasteiger partial charge in [0.2, 0.25) is 0 Å². The monoisotopic (exact) mass is 473 g/mol. The summed E-state index contributed by atoms with van der Waals surface area (Å²) in [6.45, 7) is 8.94. The molecule has 2 aliphatic rings. The largest absolute Gasteiger partial charge is 0.492 e. The smallest absolute Gasteiger partial charge is 0.193 e. The molecule has 146 valence electrons. The highest BCUT2D eigenvalue weighted by molar-refractivity contribution is 14.0. The van der Waals surface area contributed by atoms with Crippen molar-refractivity contribution >= 4 is 29.9 Å². The third kappa shape index (κ3) is 4.27. The Kier molecular flexibility index (Phi) is 7.19. The van der Waals surface area contributed by atoms with Gasteiger partial charge >= 0.3 is 0 Å². The number of fused-ring (bicyclic) bond motifs is 1. The van der Waals surface area contributed by atoms with Gasteiger partial charge in [0.15, 0.2) is 5.96 Å². The van der Waals surface area contributed by atoms with Crippen molar-refractivity contribution in [2.45, 2.75) is 39.3 Å². The highest BCUT2D eigenvalue weighted by Gasteiger charge is 2.59. The minimum Gasteiger partial charge on any atom is -0.492 e. The molecule has 1 aromatic rings. The third-order valence-electron chi connectivity index (χ3n) is 5.67. The fourth-order valence-electron chi connectivity index (χ4n) is 4.14. The average Bonchev–Trinajstić information content (AvgIpc) is 3.04. The molecule has 5 nitrogen and oxygen atoms in total. The summed E-state index contributed by atoms with van der Waals surface area (Å²) in [7, 11) is 3.90. The van der Waals surface area contributed by atoms with Crippen molar-refractivity contribution in [3.8, 4) is 5.75 Å². The molecule has 0 spiro atoms. The lowest BCUT2D eigenvalue weighted by atomic mass is 9.57. The fourth-order valence-corrected chi connectivity index (χ4v) is 4.14. The number of hydrogen-bond acceptors (Lipinski definition) is 3. The van der Waals surface area contributed by atoms with E-state index in [-0.39, 0.29) is 29.4 Å². The molecule has 0 radical (unpaired) electrons. The predicted molar refractivity (Wildman–Crippen MR) is 117 cm³/mol. The second kappa shape index (κ2) is 8.78. The normalized spacial score (nSPS) is 26.3. The first-order valence-corrected chi connectivity index (χ1v) is 9.19. The maximum absolute atomic E-state index is 5.88. The van der Waals surface area contributed by atoms with Gasteiger partial charge in [0.1, 0.15) is 12.4 Å². The van der Waals surface area contributed by atoms with Crippen LogP contribution in [0.2, 0.25) is 0 Å². The Morgan fingerprint density at radius 2 is 2.04 bits per heavy atom. The number of rotatable bonds is 5. The average molecular weight is 473 g/mol. The van der Waals surface area contributed by atoms with Crippen molar-refractivity contribution in [3.63, 3.8) is 0 Å². The standard InChI is InChI=1S/C20H31N3O2.HI/c1-14-6-8-15(9-7-14)24-13-11-23(5)19(21-4)22-17-16-10-12-25-18(16)20(17,2)3;/h6-9,16-18H,10-13H2,1-5H3,(H,21,22);1H. The lowest BCUT2D eigenvalue weighted by Crippen LogP contribution is -2.68. The Labute approximate surface area is 174 Å². The molecule has 1 aliphatic heterocycles. The third-order valence-corrected chi connectivity index (χ3v) is 5.67. The summed E-state index contributed by atoms with van der Waals surface area (Å²) in [6.07, 6.45) is 1.53. The topological polar surface area (TPSA) is 46.1 Å². The van der Waals surface area contributed by atoms with Gasteiger partial charge in [-0.05, 0) is 25.5 Å². The molecule has 1 saturated heterocycles. The van der Waals surface area contributed by atoms with Crippen LogP contribution >= 0.6 is 24.0 Å². The molecule has 2 fully saturated rings. The number of halogens is 1. The summed E-state index contributed by atoms with van der Waals surface area (Å²) in [5, 5.41) is 3.66. The van der Waals surface area contributed by atoms with Crippen molar-refractivity contribution in [1.82, 2.24) is 10.2 Å². The summed E-state index contributed by atoms with van der Waals surface area (Å²) in [6, 6.07) is 8.58. The van der Waals surface area contributed by atoms with Crippen LogP contribution in [0.15, 0.2) is 29.3 Å². The van der Waals surface area contributed by atoms with Gasteiger partial charge in [-0.25, -0.2) is 0 Å². The van der Waals surface area contributed by atoms with E-state index >= 15 is 0 Å². The first-order valence-electron chi connectivity index (χ1n) is 9.19. The molecule has 0 amide bonds. The van der Waals surface area contributed by atoms with Crippen LogP contribution in [0, 0.1) is 18.3 Å². The molecule has 1 aromatic carbocycles. The molecule has 3 atom stereocenters. The van der Waals surface area contributed by atoms with Gasteiger partial charge in [-0.3, -0.25) is 4.99 Å². The fraction of sp³-hybridized carbons (Fsp3) is 0.650. The van der Waals surface area contributed by atoms with Gasteiger partial charge in [0, 0.05) is 38.1 Å². The van der Waals surface area contributed by atoms with Gasteiger partial charge in [-0.15, -0.1) is 24.0 Å². The highest BCUT2D eigenvalue weighted by Crippen LogP contribution is 2.52. The number of nitrogens with zero attached hydrogens (tertiary/aromatic N) is 2. The number of aryl methyl sites for hydroxylation is 1. The van der Waals surface area contributed by atoms with E-state index < -0.39 is 0 Å². The predicted octanol–water partition coefficient (Wildman–Crippen LogP) is 3.31. The first kappa shape index (κ1) is 21.3. The number of aliphatic imine (C=N–C) groups is 1. The molecule has 1 saturated carbocycles. The van der Waals surface area contributed by atoms with Crippen molar-refractivity contribution in [1.29, 1.82) is 0 Å². The number of hydrogen-bond donors (Lipinski definition) is 1. The quantitative estimate of drug-likeness (QED) is 0.405. The van der Waals surface area contributed by atoms with E-state index in [1.54, 1.807) is 0 Å². The number of likely N-dealkylation sites (N-methyl/N-ethyl adjacent to an activating group) is 1. The Hall–Kier alpha value is -1.02. The van der Waals surface area contributed by atoms with E-state index in [0.717, 1.165) is 31.3 Å². The number of nitrogens with one attached hydrogen (secondary N) is 1. The van der Waals surface area contributed by atoms with Gasteiger partial charge in [0.25, 0.3) is 0 Å². The molecule has 1 N–H and O–H groups in total. The maximum Gasteiger partial charge on any atom is 0.193 e. The molecule has 6 heteroatoms. The Balaban J connectivity index is 0.00000243. The second-order valence-electron chi connectivity index (χ2n) is 7.82. The van der Waals surface area contributed by atoms with Crippen molar-refractivity contribution in [2.75, 3.05) is 33.9 Å². The summed E-state index contributed by atoms with van der Waals surface area (Å²) in [5.74, 6) is 2.44. The van der Waals surface area contributed by atoms with E-state index in [0.29, 0.717) is 24.7 Å². The lowest BCUT2D eigenvalue weighted by Gasteiger charge is -2.55. The van der Waals surface area contributed by atoms with Crippen LogP contribution in [0.4, 0.5) is 0 Å². The Morgan fingerprint density at radius 1 is 1.35 bits per heavy atom. The zero-order valence-corrected chi connectivity index (χ0v) is 18.8. The summed E-state index contributed by atoms with van der Waals surface area (Å²) in [5.41, 5.74) is 1.39. The number of guanidine groups is 1. The molecular formula is C20H32IN3O2. The van der Waals surface area contributed by atoms with Crippen LogP contribution in [0.1, 0.15) is 25.8 Å². The SMILES string of the molecule is CN=C(NC1C2CCOC2C1(C)C)N(C)CCOc1ccc(C)cc1.I. The first-order chi connectivity index (χ1) is 11.9. The molecular weight excluding hydrogens is 441 g/mol. The van der Waals surface area contributed by atoms with E-state index in [4.69, 9.17) is 9.47 Å². The summed E-state index contributed by atoms with van der Waals surface area (Å²) in [4.78, 5) is 6.59. The van der Waals surface area contributed by atoms with Crippen molar-refractivity contribution < 1.29 is 9.47 Å². The maximum atomic E-state index is 5.88. The number of benzene rings is 1. The summed E-state index contributed by atoms with van der Waals surface area (Å²) >= 11 is 0. The van der Waals surface area contributed by atoms with E-state index in [9.17, 15) is 0 Å². The Morgan fingerprint density at radius 3 is 2.69 bits per heavy atom. The molecule has 1 aliphatic carbocycles. The van der Waals surface area contributed by atoms with Crippen LogP contribution in [-0.2, 0) is 4.74 Å². The molecule has 0 bridgehead atoms. The summed E-state index contributed by atoms with van der Waals surface area (Å²) < 4.78 is 11.7. The van der Waals surface area contributed by atoms with E-state index in [2.05, 4.69) is 55.2 Å². The Bertz CT molecular complexity index is 618.